The Bertz CT molecular complexity index is 1680. The number of aliphatic hydroxyl groups excluding tert-OH is 3. The van der Waals surface area contributed by atoms with Crippen LogP contribution in [0.2, 0.25) is 0 Å². The van der Waals surface area contributed by atoms with Gasteiger partial charge >= 0.3 is 5.97 Å². The molecule has 5 atom stereocenters. The number of fused-ring (bicyclic) bond motifs is 2. The van der Waals surface area contributed by atoms with Crippen LogP contribution in [-0.2, 0) is 14.3 Å². The monoisotopic (exact) mass is 552 g/mol. The molecule has 0 saturated carbocycles. The molecule has 0 radical (unpaired) electrons. The van der Waals surface area contributed by atoms with E-state index in [2.05, 4.69) is 0 Å². The Morgan fingerprint density at radius 2 is 1.55 bits per heavy atom. The van der Waals surface area contributed by atoms with Crippen molar-refractivity contribution in [2.24, 2.45) is 0 Å². The topological polar surface area (TPSA) is 207 Å². The molecular formula is C28H24O12. The zero-order valence-corrected chi connectivity index (χ0v) is 20.5. The number of benzene rings is 3. The van der Waals surface area contributed by atoms with E-state index in [4.69, 9.17) is 13.9 Å². The zero-order chi connectivity index (χ0) is 28.7. The third kappa shape index (κ3) is 4.80. The largest absolute Gasteiger partial charge is 0.507 e. The van der Waals surface area contributed by atoms with Crippen molar-refractivity contribution in [3.63, 3.8) is 0 Å². The molecule has 0 aliphatic carbocycles. The molecule has 12 nitrogen and oxygen atoms in total. The second kappa shape index (κ2) is 10.5. The number of esters is 1. The van der Waals surface area contributed by atoms with Crippen molar-refractivity contribution in [3.05, 3.63) is 76.0 Å². The van der Waals surface area contributed by atoms with Crippen LogP contribution in [-0.4, -0.2) is 72.7 Å². The molecule has 1 aliphatic rings. The van der Waals surface area contributed by atoms with Gasteiger partial charge in [0.2, 0.25) is 5.43 Å². The van der Waals surface area contributed by atoms with Gasteiger partial charge in [0.05, 0.1) is 10.9 Å². The van der Waals surface area contributed by atoms with Gasteiger partial charge in [-0.25, -0.2) is 4.79 Å². The summed E-state index contributed by atoms with van der Waals surface area (Å²) in [6.07, 6.45) is -5.90. The first kappa shape index (κ1) is 27.0. The highest BCUT2D eigenvalue weighted by molar-refractivity contribution is 5.96. The van der Waals surface area contributed by atoms with Crippen LogP contribution in [0.3, 0.4) is 0 Å². The van der Waals surface area contributed by atoms with Gasteiger partial charge in [-0.2, -0.15) is 0 Å². The molecule has 7 N–H and O–H groups in total. The van der Waals surface area contributed by atoms with Gasteiger partial charge in [-0.05, 0) is 17.7 Å². The highest BCUT2D eigenvalue weighted by atomic mass is 16.6. The lowest BCUT2D eigenvalue weighted by molar-refractivity contribution is -0.234. The molecule has 4 aromatic rings. The van der Waals surface area contributed by atoms with Crippen LogP contribution in [0.15, 0.2) is 63.8 Å². The Kier molecular flexibility index (Phi) is 7.08. The van der Waals surface area contributed by atoms with Gasteiger partial charge in [0.1, 0.15) is 65.2 Å². The first-order valence-corrected chi connectivity index (χ1v) is 12.0. The fourth-order valence-electron chi connectivity index (χ4n) is 4.57. The molecule has 1 fully saturated rings. The number of aromatic hydroxyl groups is 4. The SMILES string of the molecule is O=C(C=Cc1ccccc1)OCC1OC(c2c(O)cc3oc4cc(O)c(O)cc4c(=O)c3c2O)C(O)C(O)C1O. The second-order valence-electron chi connectivity index (χ2n) is 9.24. The Morgan fingerprint density at radius 3 is 2.27 bits per heavy atom. The number of hydrogen-bond acceptors (Lipinski definition) is 12. The summed E-state index contributed by atoms with van der Waals surface area (Å²) in [7, 11) is 0. The van der Waals surface area contributed by atoms with E-state index in [1.165, 1.54) is 6.08 Å². The normalized spacial score (nSPS) is 23.1. The van der Waals surface area contributed by atoms with Gasteiger partial charge in [0.15, 0.2) is 11.5 Å². The minimum Gasteiger partial charge on any atom is -0.507 e. The van der Waals surface area contributed by atoms with Crippen molar-refractivity contribution in [1.82, 2.24) is 0 Å². The Morgan fingerprint density at radius 1 is 0.875 bits per heavy atom. The van der Waals surface area contributed by atoms with Crippen LogP contribution in [0.25, 0.3) is 28.0 Å². The van der Waals surface area contributed by atoms with Crippen LogP contribution in [0.5, 0.6) is 23.0 Å². The van der Waals surface area contributed by atoms with Crippen LogP contribution >= 0.6 is 0 Å². The van der Waals surface area contributed by atoms with Gasteiger partial charge in [-0.15, -0.1) is 0 Å². The van der Waals surface area contributed by atoms with Crippen molar-refractivity contribution in [2.75, 3.05) is 6.61 Å². The third-order valence-electron chi connectivity index (χ3n) is 6.65. The standard InChI is InChI=1S/C28H24O12/c29-14-8-13-17(9-15(14)30)39-18-10-16(31)21(25(35)22(18)23(13)33)28-27(37)26(36)24(34)19(40-28)11-38-20(32)7-6-12-4-2-1-3-5-12/h1-10,19,24,26-31,34-37H,11H2. The zero-order valence-electron chi connectivity index (χ0n) is 20.5. The number of rotatable bonds is 5. The van der Waals surface area contributed by atoms with E-state index in [9.17, 15) is 45.3 Å². The highest BCUT2D eigenvalue weighted by Crippen LogP contribution is 2.45. The molecule has 5 unspecified atom stereocenters. The maximum absolute atomic E-state index is 13.2. The molecule has 2 heterocycles. The first-order valence-electron chi connectivity index (χ1n) is 12.0. The van der Waals surface area contributed by atoms with Crippen LogP contribution in [0.4, 0.5) is 0 Å². The lowest BCUT2D eigenvalue weighted by atomic mass is 9.89. The molecule has 0 amide bonds. The van der Waals surface area contributed by atoms with Crippen LogP contribution < -0.4 is 5.43 Å². The summed E-state index contributed by atoms with van der Waals surface area (Å²) in [5.41, 5.74) is -1.04. The lowest BCUT2D eigenvalue weighted by Gasteiger charge is -2.40. The van der Waals surface area contributed by atoms with Crippen molar-refractivity contribution >= 4 is 34.0 Å². The van der Waals surface area contributed by atoms with E-state index >= 15 is 0 Å². The predicted octanol–water partition coefficient (Wildman–Crippen LogP) is 1.55. The minimum atomic E-state index is -1.89. The first-order chi connectivity index (χ1) is 19.1. The van der Waals surface area contributed by atoms with E-state index in [-0.39, 0.29) is 16.6 Å². The minimum absolute atomic E-state index is 0.143. The molecule has 1 aliphatic heterocycles. The Balaban J connectivity index is 1.46. The summed E-state index contributed by atoms with van der Waals surface area (Å²) in [5.74, 6) is -3.51. The number of phenolic OH excluding ortho intramolecular Hbond substituents is 4. The maximum Gasteiger partial charge on any atom is 0.330 e. The number of hydrogen-bond donors (Lipinski definition) is 7. The van der Waals surface area contributed by atoms with E-state index < -0.39 is 82.5 Å². The van der Waals surface area contributed by atoms with Gasteiger partial charge in [0, 0.05) is 18.2 Å². The average molecular weight is 552 g/mol. The van der Waals surface area contributed by atoms with E-state index in [0.29, 0.717) is 0 Å². The number of phenols is 4. The molecule has 1 saturated heterocycles. The van der Waals surface area contributed by atoms with Gasteiger partial charge in [0.25, 0.3) is 0 Å². The van der Waals surface area contributed by atoms with Crippen molar-refractivity contribution in [3.8, 4) is 23.0 Å². The van der Waals surface area contributed by atoms with Crippen LogP contribution in [0.1, 0.15) is 17.2 Å². The van der Waals surface area contributed by atoms with Crippen molar-refractivity contribution in [2.45, 2.75) is 30.5 Å². The fraction of sp³-hybridized carbons (Fsp3) is 0.214. The summed E-state index contributed by atoms with van der Waals surface area (Å²) in [6.45, 7) is -0.565. The molecule has 0 spiro atoms. The summed E-state index contributed by atoms with van der Waals surface area (Å²) < 4.78 is 16.3. The maximum atomic E-state index is 13.2. The number of aliphatic hydroxyl groups is 3. The van der Waals surface area contributed by atoms with Gasteiger partial charge in [-0.1, -0.05) is 30.3 Å². The molecule has 1 aromatic heterocycles. The fourth-order valence-corrected chi connectivity index (χ4v) is 4.57. The molecule has 12 heteroatoms. The van der Waals surface area contributed by atoms with Crippen LogP contribution in [0, 0.1) is 0 Å². The average Bonchev–Trinajstić information content (AvgIpc) is 2.92. The second-order valence-corrected chi connectivity index (χ2v) is 9.24. The molecule has 208 valence electrons. The lowest BCUT2D eigenvalue weighted by Crippen LogP contribution is -2.55. The van der Waals surface area contributed by atoms with E-state index in [1.807, 2.05) is 6.07 Å². The van der Waals surface area contributed by atoms with E-state index in [1.54, 1.807) is 24.3 Å². The third-order valence-corrected chi connectivity index (χ3v) is 6.65. The highest BCUT2D eigenvalue weighted by Gasteiger charge is 2.46. The summed E-state index contributed by atoms with van der Waals surface area (Å²) in [5, 5.41) is 72.2. The number of carbonyl (C=O) groups excluding carboxylic acids is 1. The summed E-state index contributed by atoms with van der Waals surface area (Å²) in [4.78, 5) is 25.4. The molecular weight excluding hydrogens is 528 g/mol. The van der Waals surface area contributed by atoms with Crippen molar-refractivity contribution < 1.29 is 54.4 Å². The smallest absolute Gasteiger partial charge is 0.330 e. The summed E-state index contributed by atoms with van der Waals surface area (Å²) >= 11 is 0. The Labute approximate surface area is 224 Å². The predicted molar refractivity (Wildman–Crippen MR) is 139 cm³/mol. The summed E-state index contributed by atoms with van der Waals surface area (Å²) in [6, 6.07) is 11.8. The Hall–Kier alpha value is -4.62. The molecule has 3 aromatic carbocycles. The quantitative estimate of drug-likeness (QED) is 0.0814. The van der Waals surface area contributed by atoms with Crippen molar-refractivity contribution in [1.29, 1.82) is 0 Å². The van der Waals surface area contributed by atoms with Gasteiger partial charge in [-0.3, -0.25) is 4.79 Å². The molecule has 0 bridgehead atoms. The number of ether oxygens (including phenoxy) is 2. The number of carbonyl (C=O) groups is 1. The molecule has 40 heavy (non-hydrogen) atoms. The van der Waals surface area contributed by atoms with E-state index in [0.717, 1.165) is 29.8 Å². The molecule has 5 rings (SSSR count). The van der Waals surface area contributed by atoms with Gasteiger partial charge < -0.3 is 49.6 Å².